The summed E-state index contributed by atoms with van der Waals surface area (Å²) in [6.45, 7) is 6.78. The van der Waals surface area contributed by atoms with Gasteiger partial charge in [0.25, 0.3) is 0 Å². The standard InChI is InChI=1S/C12H18Br2N2S/c1-7(2)6-16-4-3-9(15)11(16)10-5-8(13)12(14)17-10/h5,7,9,11H,3-4,6,15H2,1-2H3. The van der Waals surface area contributed by atoms with E-state index in [4.69, 9.17) is 5.73 Å². The minimum atomic E-state index is 0.270. The van der Waals surface area contributed by atoms with Crippen LogP contribution in [0.1, 0.15) is 31.2 Å². The molecule has 1 aliphatic rings. The number of rotatable bonds is 3. The first-order chi connectivity index (χ1) is 7.99. The van der Waals surface area contributed by atoms with E-state index in [9.17, 15) is 0 Å². The van der Waals surface area contributed by atoms with Crippen LogP contribution in [0.25, 0.3) is 0 Å². The quantitative estimate of drug-likeness (QED) is 0.857. The van der Waals surface area contributed by atoms with Crippen LogP contribution < -0.4 is 5.73 Å². The molecule has 17 heavy (non-hydrogen) atoms. The molecule has 96 valence electrons. The van der Waals surface area contributed by atoms with Gasteiger partial charge in [0.15, 0.2) is 0 Å². The van der Waals surface area contributed by atoms with Crippen LogP contribution in [-0.2, 0) is 0 Å². The number of hydrogen-bond donors (Lipinski definition) is 1. The monoisotopic (exact) mass is 380 g/mol. The van der Waals surface area contributed by atoms with Crippen LogP contribution in [0.5, 0.6) is 0 Å². The van der Waals surface area contributed by atoms with Gasteiger partial charge >= 0.3 is 0 Å². The van der Waals surface area contributed by atoms with Gasteiger partial charge in [-0.05, 0) is 50.3 Å². The van der Waals surface area contributed by atoms with Gasteiger partial charge in [-0.2, -0.15) is 0 Å². The van der Waals surface area contributed by atoms with E-state index in [0.29, 0.717) is 12.0 Å². The SMILES string of the molecule is CC(C)CN1CCC(N)C1c1cc(Br)c(Br)s1. The van der Waals surface area contributed by atoms with E-state index in [-0.39, 0.29) is 6.04 Å². The van der Waals surface area contributed by atoms with Crippen molar-refractivity contribution < 1.29 is 0 Å². The highest BCUT2D eigenvalue weighted by Crippen LogP contribution is 2.41. The minimum Gasteiger partial charge on any atom is -0.326 e. The molecule has 1 aliphatic heterocycles. The molecule has 0 spiro atoms. The minimum absolute atomic E-state index is 0.270. The van der Waals surface area contributed by atoms with Crippen molar-refractivity contribution in [3.05, 3.63) is 19.2 Å². The normalized spacial score (nSPS) is 26.0. The Morgan fingerprint density at radius 3 is 2.76 bits per heavy atom. The van der Waals surface area contributed by atoms with E-state index in [1.165, 1.54) is 4.88 Å². The maximum Gasteiger partial charge on any atom is 0.0843 e. The van der Waals surface area contributed by atoms with Crippen LogP contribution in [-0.4, -0.2) is 24.0 Å². The Hall–Kier alpha value is 0.580. The molecule has 1 aromatic rings. The van der Waals surface area contributed by atoms with Crippen molar-refractivity contribution in [3.63, 3.8) is 0 Å². The molecule has 0 saturated carbocycles. The largest absolute Gasteiger partial charge is 0.326 e. The summed E-state index contributed by atoms with van der Waals surface area (Å²) in [4.78, 5) is 3.90. The van der Waals surface area contributed by atoms with E-state index in [2.05, 4.69) is 56.7 Å². The summed E-state index contributed by atoms with van der Waals surface area (Å²) >= 11 is 8.92. The third-order valence-corrected chi connectivity index (χ3v) is 6.43. The number of likely N-dealkylation sites (tertiary alicyclic amines) is 1. The number of thiophene rings is 1. The third kappa shape index (κ3) is 3.13. The van der Waals surface area contributed by atoms with Gasteiger partial charge in [-0.15, -0.1) is 11.3 Å². The zero-order valence-electron chi connectivity index (χ0n) is 10.1. The summed E-state index contributed by atoms with van der Waals surface area (Å²) in [5.41, 5.74) is 6.27. The summed E-state index contributed by atoms with van der Waals surface area (Å²) in [5, 5.41) is 0. The highest BCUT2D eigenvalue weighted by Gasteiger charge is 2.34. The molecule has 2 atom stereocenters. The maximum absolute atomic E-state index is 6.27. The average Bonchev–Trinajstić information content (AvgIpc) is 2.71. The lowest BCUT2D eigenvalue weighted by atomic mass is 10.1. The first-order valence-corrected chi connectivity index (χ1v) is 8.33. The molecule has 0 amide bonds. The van der Waals surface area contributed by atoms with Gasteiger partial charge in [-0.25, -0.2) is 0 Å². The predicted octanol–water partition coefficient (Wildman–Crippen LogP) is 4.00. The molecule has 2 rings (SSSR count). The van der Waals surface area contributed by atoms with Crippen LogP contribution in [0.4, 0.5) is 0 Å². The second-order valence-electron chi connectivity index (χ2n) is 5.06. The van der Waals surface area contributed by atoms with Gasteiger partial charge in [-0.1, -0.05) is 13.8 Å². The van der Waals surface area contributed by atoms with Crippen molar-refractivity contribution in [2.75, 3.05) is 13.1 Å². The molecule has 0 aromatic carbocycles. The zero-order valence-corrected chi connectivity index (χ0v) is 14.1. The van der Waals surface area contributed by atoms with Crippen molar-refractivity contribution in [1.82, 2.24) is 4.90 Å². The van der Waals surface area contributed by atoms with Crippen molar-refractivity contribution in [3.8, 4) is 0 Å². The highest BCUT2D eigenvalue weighted by molar-refractivity contribution is 9.13. The number of halogens is 2. The molecule has 2 unspecified atom stereocenters. The van der Waals surface area contributed by atoms with Gasteiger partial charge in [0.05, 0.1) is 9.83 Å². The summed E-state index contributed by atoms with van der Waals surface area (Å²) in [6.07, 6.45) is 1.10. The molecule has 1 saturated heterocycles. The molecule has 0 aliphatic carbocycles. The van der Waals surface area contributed by atoms with Crippen LogP contribution in [0.3, 0.4) is 0 Å². The number of nitrogens with zero attached hydrogens (tertiary/aromatic N) is 1. The van der Waals surface area contributed by atoms with E-state index < -0.39 is 0 Å². The van der Waals surface area contributed by atoms with Crippen molar-refractivity contribution >= 4 is 43.2 Å². The molecule has 0 radical (unpaired) electrons. The van der Waals surface area contributed by atoms with Crippen molar-refractivity contribution in [2.24, 2.45) is 11.7 Å². The Bertz CT molecular complexity index is 372. The van der Waals surface area contributed by atoms with Gasteiger partial charge in [-0.3, -0.25) is 4.90 Å². The third-order valence-electron chi connectivity index (χ3n) is 3.10. The van der Waals surface area contributed by atoms with E-state index >= 15 is 0 Å². The van der Waals surface area contributed by atoms with Crippen molar-refractivity contribution in [2.45, 2.75) is 32.4 Å². The molecular weight excluding hydrogens is 364 g/mol. The Morgan fingerprint density at radius 1 is 1.53 bits per heavy atom. The highest BCUT2D eigenvalue weighted by atomic mass is 79.9. The fourth-order valence-electron chi connectivity index (χ4n) is 2.46. The van der Waals surface area contributed by atoms with Crippen LogP contribution in [0.15, 0.2) is 14.3 Å². The summed E-state index contributed by atoms with van der Waals surface area (Å²) < 4.78 is 2.30. The molecule has 1 aromatic heterocycles. The van der Waals surface area contributed by atoms with Gasteiger partial charge in [0, 0.05) is 28.5 Å². The molecule has 1 fully saturated rings. The number of nitrogens with two attached hydrogens (primary N) is 1. The lowest BCUT2D eigenvalue weighted by Gasteiger charge is -2.27. The zero-order chi connectivity index (χ0) is 12.6. The summed E-state index contributed by atoms with van der Waals surface area (Å²) in [5.74, 6) is 0.689. The lowest BCUT2D eigenvalue weighted by Crippen LogP contribution is -2.33. The second-order valence-corrected chi connectivity index (χ2v) is 8.31. The Morgan fingerprint density at radius 2 is 2.24 bits per heavy atom. The first-order valence-electron chi connectivity index (χ1n) is 5.93. The number of hydrogen-bond acceptors (Lipinski definition) is 3. The fraction of sp³-hybridized carbons (Fsp3) is 0.667. The van der Waals surface area contributed by atoms with E-state index in [1.807, 2.05) is 0 Å². The molecule has 2 nitrogen and oxygen atoms in total. The van der Waals surface area contributed by atoms with E-state index in [1.54, 1.807) is 11.3 Å². The van der Waals surface area contributed by atoms with Crippen LogP contribution in [0.2, 0.25) is 0 Å². The fourth-order valence-corrected chi connectivity index (χ4v) is 4.76. The first kappa shape index (κ1) is 14.0. The van der Waals surface area contributed by atoms with Crippen LogP contribution in [0, 0.1) is 5.92 Å². The maximum atomic E-state index is 6.27. The Labute approximate surface area is 124 Å². The molecule has 5 heteroatoms. The molecule has 0 bridgehead atoms. The van der Waals surface area contributed by atoms with Gasteiger partial charge in [0.2, 0.25) is 0 Å². The molecule has 2 heterocycles. The van der Waals surface area contributed by atoms with E-state index in [0.717, 1.165) is 27.8 Å². The molecule has 2 N–H and O–H groups in total. The summed E-state index contributed by atoms with van der Waals surface area (Å²) in [7, 11) is 0. The Kier molecular flexibility index (Phi) is 4.69. The van der Waals surface area contributed by atoms with Gasteiger partial charge < -0.3 is 5.73 Å². The molecular formula is C12H18Br2N2S. The second kappa shape index (κ2) is 5.70. The smallest absolute Gasteiger partial charge is 0.0843 e. The summed E-state index contributed by atoms with van der Waals surface area (Å²) in [6, 6.07) is 2.87. The lowest BCUT2D eigenvalue weighted by molar-refractivity contribution is 0.224. The topological polar surface area (TPSA) is 29.3 Å². The van der Waals surface area contributed by atoms with Crippen LogP contribution >= 0.6 is 43.2 Å². The van der Waals surface area contributed by atoms with Gasteiger partial charge in [0.1, 0.15) is 0 Å². The predicted molar refractivity (Wildman–Crippen MR) is 81.5 cm³/mol. The Balaban J connectivity index is 2.21. The average molecular weight is 382 g/mol. The van der Waals surface area contributed by atoms with Crippen molar-refractivity contribution in [1.29, 1.82) is 0 Å².